The highest BCUT2D eigenvalue weighted by Crippen LogP contribution is 2.36. The summed E-state index contributed by atoms with van der Waals surface area (Å²) in [5.74, 6) is 0.369. The zero-order valence-electron chi connectivity index (χ0n) is 9.20. The molecular formula is C13H15NO2. The van der Waals surface area contributed by atoms with Crippen LogP contribution in [0, 0.1) is 0 Å². The lowest BCUT2D eigenvalue weighted by Gasteiger charge is -2.06. The molecule has 1 aliphatic heterocycles. The molecule has 0 atom stereocenters. The first-order chi connectivity index (χ1) is 7.86. The van der Waals surface area contributed by atoms with E-state index in [1.54, 1.807) is 0 Å². The van der Waals surface area contributed by atoms with Gasteiger partial charge in [-0.15, -0.1) is 0 Å². The number of phenols is 1. The molecule has 0 amide bonds. The molecule has 16 heavy (non-hydrogen) atoms. The minimum Gasteiger partial charge on any atom is -0.507 e. The summed E-state index contributed by atoms with van der Waals surface area (Å²) < 4.78 is 0. The van der Waals surface area contributed by atoms with Gasteiger partial charge in [0.15, 0.2) is 0 Å². The molecule has 0 aromatic heterocycles. The lowest BCUT2D eigenvalue weighted by Crippen LogP contribution is -1.90. The molecule has 3 rings (SSSR count). The van der Waals surface area contributed by atoms with Gasteiger partial charge in [0.2, 0.25) is 0 Å². The summed E-state index contributed by atoms with van der Waals surface area (Å²) in [6, 6.07) is 9.83. The van der Waals surface area contributed by atoms with Crippen molar-refractivity contribution < 1.29 is 10.2 Å². The van der Waals surface area contributed by atoms with Crippen molar-refractivity contribution >= 4 is 16.5 Å². The van der Waals surface area contributed by atoms with E-state index in [1.807, 2.05) is 24.3 Å². The average molecular weight is 217 g/mol. The predicted octanol–water partition coefficient (Wildman–Crippen LogP) is 2.12. The van der Waals surface area contributed by atoms with Crippen molar-refractivity contribution in [3.05, 3.63) is 35.9 Å². The van der Waals surface area contributed by atoms with Gasteiger partial charge in [-0.25, -0.2) is 0 Å². The van der Waals surface area contributed by atoms with Gasteiger partial charge in [-0.2, -0.15) is 0 Å². The highest BCUT2D eigenvalue weighted by Gasteiger charge is 2.15. The molecule has 3 heteroatoms. The lowest BCUT2D eigenvalue weighted by atomic mass is 10.0. The molecule has 1 aliphatic rings. The van der Waals surface area contributed by atoms with E-state index in [1.165, 1.54) is 10.9 Å². The molecule has 2 aromatic rings. The maximum atomic E-state index is 9.80. The Balaban J connectivity index is 0.000000457. The Hall–Kier alpha value is -1.74. The van der Waals surface area contributed by atoms with Crippen LogP contribution in [0.5, 0.6) is 5.75 Å². The van der Waals surface area contributed by atoms with Crippen LogP contribution in [0.15, 0.2) is 30.3 Å². The Morgan fingerprint density at radius 3 is 2.56 bits per heavy atom. The molecule has 0 saturated carbocycles. The van der Waals surface area contributed by atoms with E-state index in [9.17, 15) is 5.11 Å². The number of benzene rings is 2. The summed E-state index contributed by atoms with van der Waals surface area (Å²) in [5.41, 5.74) is 2.42. The highest BCUT2D eigenvalue weighted by atomic mass is 16.3. The van der Waals surface area contributed by atoms with E-state index in [4.69, 9.17) is 5.11 Å². The fourth-order valence-corrected chi connectivity index (χ4v) is 2.17. The minimum atomic E-state index is 0.369. The Bertz CT molecular complexity index is 509. The normalized spacial score (nSPS) is 12.6. The molecule has 1 heterocycles. The Morgan fingerprint density at radius 1 is 1.12 bits per heavy atom. The van der Waals surface area contributed by atoms with E-state index >= 15 is 0 Å². The van der Waals surface area contributed by atoms with Gasteiger partial charge in [0, 0.05) is 30.8 Å². The fraction of sp³-hybridized carbons (Fsp3) is 0.231. The number of hydrogen-bond donors (Lipinski definition) is 3. The van der Waals surface area contributed by atoms with Crippen LogP contribution in [-0.2, 0) is 6.42 Å². The first kappa shape index (κ1) is 10.8. The molecule has 0 saturated heterocycles. The number of rotatable bonds is 0. The highest BCUT2D eigenvalue weighted by molar-refractivity contribution is 5.95. The second-order valence-electron chi connectivity index (χ2n) is 3.64. The summed E-state index contributed by atoms with van der Waals surface area (Å²) in [4.78, 5) is 0. The minimum absolute atomic E-state index is 0.369. The molecular weight excluding hydrogens is 202 g/mol. The summed E-state index contributed by atoms with van der Waals surface area (Å²) >= 11 is 0. The van der Waals surface area contributed by atoms with Gasteiger partial charge in [0.25, 0.3) is 0 Å². The van der Waals surface area contributed by atoms with Crippen LogP contribution in [0.3, 0.4) is 0 Å². The third-order valence-electron chi connectivity index (χ3n) is 2.82. The summed E-state index contributed by atoms with van der Waals surface area (Å²) in [7, 11) is 1.00. The summed E-state index contributed by atoms with van der Waals surface area (Å²) in [6.07, 6.45) is 1.05. The number of fused-ring (bicyclic) bond motifs is 3. The number of phenolic OH excluding ortho intramolecular Hbond substituents is 1. The quantitative estimate of drug-likeness (QED) is 0.633. The van der Waals surface area contributed by atoms with Crippen molar-refractivity contribution in [2.75, 3.05) is 19.0 Å². The summed E-state index contributed by atoms with van der Waals surface area (Å²) in [5, 5.41) is 22.2. The number of nitrogens with one attached hydrogen (secondary N) is 1. The number of aliphatic hydroxyl groups is 1. The van der Waals surface area contributed by atoms with Crippen molar-refractivity contribution in [2.45, 2.75) is 6.42 Å². The van der Waals surface area contributed by atoms with Crippen LogP contribution in [0.1, 0.15) is 5.56 Å². The van der Waals surface area contributed by atoms with Crippen molar-refractivity contribution in [3.8, 4) is 5.75 Å². The zero-order valence-corrected chi connectivity index (χ0v) is 9.20. The van der Waals surface area contributed by atoms with Crippen LogP contribution in [0.2, 0.25) is 0 Å². The van der Waals surface area contributed by atoms with Crippen molar-refractivity contribution in [2.24, 2.45) is 0 Å². The second-order valence-corrected chi connectivity index (χ2v) is 3.64. The monoisotopic (exact) mass is 217 g/mol. The van der Waals surface area contributed by atoms with Crippen LogP contribution in [-0.4, -0.2) is 23.9 Å². The maximum Gasteiger partial charge on any atom is 0.125 e. The van der Waals surface area contributed by atoms with E-state index < -0.39 is 0 Å². The molecule has 0 spiro atoms. The van der Waals surface area contributed by atoms with Gasteiger partial charge < -0.3 is 15.5 Å². The fourth-order valence-electron chi connectivity index (χ4n) is 2.17. The molecule has 0 fully saturated rings. The maximum absolute atomic E-state index is 9.80. The van der Waals surface area contributed by atoms with Crippen LogP contribution in [0.25, 0.3) is 10.8 Å². The van der Waals surface area contributed by atoms with Gasteiger partial charge in [-0.05, 0) is 17.4 Å². The van der Waals surface area contributed by atoms with E-state index in [2.05, 4.69) is 11.4 Å². The van der Waals surface area contributed by atoms with Crippen LogP contribution in [0.4, 0.5) is 5.69 Å². The number of aliphatic hydroxyl groups excluding tert-OH is 1. The first-order valence-corrected chi connectivity index (χ1v) is 5.28. The first-order valence-electron chi connectivity index (χ1n) is 5.28. The lowest BCUT2D eigenvalue weighted by molar-refractivity contribution is 0.399. The Kier molecular flexibility index (Phi) is 2.97. The molecule has 2 aromatic carbocycles. The van der Waals surface area contributed by atoms with Gasteiger partial charge in [0.05, 0.1) is 0 Å². The summed E-state index contributed by atoms with van der Waals surface area (Å²) in [6.45, 7) is 0.975. The molecule has 3 N–H and O–H groups in total. The van der Waals surface area contributed by atoms with Gasteiger partial charge in [-0.3, -0.25) is 0 Å². The van der Waals surface area contributed by atoms with Crippen molar-refractivity contribution in [3.63, 3.8) is 0 Å². The average Bonchev–Trinajstić information content (AvgIpc) is 2.80. The Morgan fingerprint density at radius 2 is 1.81 bits per heavy atom. The van der Waals surface area contributed by atoms with E-state index in [-0.39, 0.29) is 0 Å². The van der Waals surface area contributed by atoms with Gasteiger partial charge in [-0.1, -0.05) is 24.3 Å². The molecule has 0 radical (unpaired) electrons. The van der Waals surface area contributed by atoms with Crippen molar-refractivity contribution in [1.29, 1.82) is 0 Å². The standard InChI is InChI=1S/C12H11NO.CH4O/c14-12-7-11-9(5-6-13-11)8-3-1-2-4-10(8)12;1-2/h1-4,7,13-14H,5-6H2;2H,1H3. The van der Waals surface area contributed by atoms with E-state index in [0.29, 0.717) is 5.75 Å². The Labute approximate surface area is 94.3 Å². The number of aromatic hydroxyl groups is 1. The largest absolute Gasteiger partial charge is 0.507 e. The van der Waals surface area contributed by atoms with Gasteiger partial charge in [0.1, 0.15) is 5.75 Å². The third-order valence-corrected chi connectivity index (χ3v) is 2.82. The predicted molar refractivity (Wildman–Crippen MR) is 65.9 cm³/mol. The van der Waals surface area contributed by atoms with Crippen LogP contribution < -0.4 is 5.32 Å². The molecule has 84 valence electrons. The zero-order chi connectivity index (χ0) is 11.5. The van der Waals surface area contributed by atoms with Crippen LogP contribution >= 0.6 is 0 Å². The third kappa shape index (κ3) is 1.59. The molecule has 0 unspecified atom stereocenters. The molecule has 3 nitrogen and oxygen atoms in total. The van der Waals surface area contributed by atoms with Crippen molar-refractivity contribution in [1.82, 2.24) is 0 Å². The second kappa shape index (κ2) is 4.41. The topological polar surface area (TPSA) is 52.5 Å². The van der Waals surface area contributed by atoms with Gasteiger partial charge >= 0.3 is 0 Å². The van der Waals surface area contributed by atoms with E-state index in [0.717, 1.165) is 31.1 Å². The molecule has 0 aliphatic carbocycles. The SMILES string of the molecule is CO.Oc1cc2c(c3ccccc13)CCN2. The molecule has 0 bridgehead atoms. The number of anilines is 1. The smallest absolute Gasteiger partial charge is 0.125 e. The number of hydrogen-bond acceptors (Lipinski definition) is 3.